The van der Waals surface area contributed by atoms with Gasteiger partial charge < -0.3 is 5.32 Å². The van der Waals surface area contributed by atoms with E-state index in [2.05, 4.69) is 10.4 Å². The summed E-state index contributed by atoms with van der Waals surface area (Å²) in [6.45, 7) is 2.80. The fourth-order valence-electron chi connectivity index (χ4n) is 1.57. The number of carbonyl (C=O) groups is 1. The second kappa shape index (κ2) is 5.44. The lowest BCUT2D eigenvalue weighted by atomic mass is 10.2. The van der Waals surface area contributed by atoms with Crippen molar-refractivity contribution in [3.05, 3.63) is 53.6 Å². The second-order valence-electron chi connectivity index (χ2n) is 3.83. The minimum atomic E-state index is -0.322. The first-order valence-electron chi connectivity index (χ1n) is 5.75. The number of nitrogens with zero attached hydrogens (tertiary/aromatic N) is 2. The normalized spacial score (nSPS) is 10.3. The molecular weight excluding hydrogens is 233 g/mol. The van der Waals surface area contributed by atoms with Crippen LogP contribution in [0.4, 0.5) is 4.39 Å². The van der Waals surface area contributed by atoms with E-state index in [1.807, 2.05) is 6.92 Å². The van der Waals surface area contributed by atoms with Crippen molar-refractivity contribution in [3.8, 4) is 0 Å². The molecule has 0 saturated heterocycles. The Bertz CT molecular complexity index is 551. The van der Waals surface area contributed by atoms with Crippen LogP contribution in [0.15, 0.2) is 36.5 Å². The van der Waals surface area contributed by atoms with Gasteiger partial charge in [0.1, 0.15) is 11.5 Å². The van der Waals surface area contributed by atoms with Gasteiger partial charge in [-0.05, 0) is 19.1 Å². The summed E-state index contributed by atoms with van der Waals surface area (Å²) in [6.07, 6.45) is 1.73. The number of aryl methyl sites for hydroxylation is 1. The molecule has 0 aliphatic heterocycles. The molecule has 1 amide bonds. The summed E-state index contributed by atoms with van der Waals surface area (Å²) < 4.78 is 15.0. The molecule has 4 nitrogen and oxygen atoms in total. The van der Waals surface area contributed by atoms with Gasteiger partial charge >= 0.3 is 0 Å². The van der Waals surface area contributed by atoms with Crippen molar-refractivity contribution in [2.24, 2.45) is 0 Å². The number of rotatable bonds is 4. The Morgan fingerprint density at radius 2 is 2.17 bits per heavy atom. The minimum Gasteiger partial charge on any atom is -0.346 e. The standard InChI is InChI=1S/C13H14FN3O/c1-2-17-8-7-12(16-17)13(18)15-9-10-5-3-4-6-11(10)14/h3-8H,2,9H2,1H3,(H,15,18). The van der Waals surface area contributed by atoms with Gasteiger partial charge in [0, 0.05) is 24.8 Å². The summed E-state index contributed by atoms with van der Waals surface area (Å²) in [5, 5.41) is 6.71. The van der Waals surface area contributed by atoms with Crippen LogP contribution >= 0.6 is 0 Å². The molecule has 0 spiro atoms. The quantitative estimate of drug-likeness (QED) is 0.897. The van der Waals surface area contributed by atoms with Crippen LogP contribution in [0.25, 0.3) is 0 Å². The van der Waals surface area contributed by atoms with Gasteiger partial charge in [0.15, 0.2) is 0 Å². The third-order valence-corrected chi connectivity index (χ3v) is 2.59. The molecule has 2 rings (SSSR count). The maximum Gasteiger partial charge on any atom is 0.272 e. The summed E-state index contributed by atoms with van der Waals surface area (Å²) in [7, 11) is 0. The van der Waals surface area contributed by atoms with E-state index in [1.165, 1.54) is 6.07 Å². The van der Waals surface area contributed by atoms with E-state index in [0.717, 1.165) is 0 Å². The Morgan fingerprint density at radius 3 is 2.83 bits per heavy atom. The van der Waals surface area contributed by atoms with Gasteiger partial charge in [0.05, 0.1) is 0 Å². The van der Waals surface area contributed by atoms with Crippen molar-refractivity contribution in [1.29, 1.82) is 0 Å². The Hall–Kier alpha value is -2.17. The maximum atomic E-state index is 13.3. The molecule has 0 unspecified atom stereocenters. The van der Waals surface area contributed by atoms with Crippen LogP contribution in [0.5, 0.6) is 0 Å². The zero-order valence-electron chi connectivity index (χ0n) is 10.1. The minimum absolute atomic E-state index is 0.157. The molecule has 1 aromatic carbocycles. The topological polar surface area (TPSA) is 46.9 Å². The van der Waals surface area contributed by atoms with Crippen LogP contribution in [0, 0.1) is 5.82 Å². The zero-order chi connectivity index (χ0) is 13.0. The van der Waals surface area contributed by atoms with Gasteiger partial charge in [0.2, 0.25) is 0 Å². The molecule has 94 valence electrons. The SMILES string of the molecule is CCn1ccc(C(=O)NCc2ccccc2F)n1. The molecule has 5 heteroatoms. The highest BCUT2D eigenvalue weighted by molar-refractivity contribution is 5.92. The fourth-order valence-corrected chi connectivity index (χ4v) is 1.57. The maximum absolute atomic E-state index is 13.3. The Balaban J connectivity index is 1.98. The third kappa shape index (κ3) is 2.74. The van der Waals surface area contributed by atoms with Crippen LogP contribution in [0.3, 0.4) is 0 Å². The zero-order valence-corrected chi connectivity index (χ0v) is 10.1. The molecule has 0 fully saturated rings. The van der Waals surface area contributed by atoms with Crippen molar-refractivity contribution < 1.29 is 9.18 Å². The lowest BCUT2D eigenvalue weighted by Crippen LogP contribution is -2.24. The second-order valence-corrected chi connectivity index (χ2v) is 3.83. The molecule has 1 heterocycles. The van der Waals surface area contributed by atoms with Crippen molar-refractivity contribution in [1.82, 2.24) is 15.1 Å². The summed E-state index contributed by atoms with van der Waals surface area (Å²) in [6, 6.07) is 7.99. The van der Waals surface area contributed by atoms with E-state index in [9.17, 15) is 9.18 Å². The molecule has 2 aromatic rings. The highest BCUT2D eigenvalue weighted by Crippen LogP contribution is 2.06. The summed E-state index contributed by atoms with van der Waals surface area (Å²) in [5.41, 5.74) is 0.800. The van der Waals surface area contributed by atoms with E-state index in [1.54, 1.807) is 35.1 Å². The van der Waals surface area contributed by atoms with E-state index < -0.39 is 0 Å². The van der Waals surface area contributed by atoms with Crippen molar-refractivity contribution in [2.45, 2.75) is 20.0 Å². The first kappa shape index (κ1) is 12.3. The molecule has 0 bridgehead atoms. The smallest absolute Gasteiger partial charge is 0.272 e. The number of halogens is 1. The molecule has 0 aliphatic carbocycles. The molecule has 0 radical (unpaired) electrons. The number of hydrogen-bond acceptors (Lipinski definition) is 2. The number of hydrogen-bond donors (Lipinski definition) is 1. The Kier molecular flexibility index (Phi) is 3.72. The molecule has 0 aliphatic rings. The predicted octanol–water partition coefficient (Wildman–Crippen LogP) is 1.97. The van der Waals surface area contributed by atoms with Crippen molar-refractivity contribution in [2.75, 3.05) is 0 Å². The molecule has 18 heavy (non-hydrogen) atoms. The van der Waals surface area contributed by atoms with Crippen LogP contribution in [0.2, 0.25) is 0 Å². The van der Waals surface area contributed by atoms with Gasteiger partial charge in [0.25, 0.3) is 5.91 Å². The summed E-state index contributed by atoms with van der Waals surface area (Å²) in [4.78, 5) is 11.7. The number of amides is 1. The molecule has 1 aromatic heterocycles. The van der Waals surface area contributed by atoms with Crippen LogP contribution in [-0.4, -0.2) is 15.7 Å². The van der Waals surface area contributed by atoms with E-state index in [-0.39, 0.29) is 18.3 Å². The van der Waals surface area contributed by atoms with Gasteiger partial charge in [-0.2, -0.15) is 5.10 Å². The van der Waals surface area contributed by atoms with E-state index >= 15 is 0 Å². The van der Waals surface area contributed by atoms with Gasteiger partial charge in [-0.25, -0.2) is 4.39 Å². The molecule has 1 N–H and O–H groups in total. The van der Waals surface area contributed by atoms with Crippen molar-refractivity contribution in [3.63, 3.8) is 0 Å². The fraction of sp³-hybridized carbons (Fsp3) is 0.231. The molecule has 0 saturated carbocycles. The van der Waals surface area contributed by atoms with E-state index in [0.29, 0.717) is 17.8 Å². The third-order valence-electron chi connectivity index (χ3n) is 2.59. The lowest BCUT2D eigenvalue weighted by molar-refractivity contribution is 0.0945. The Morgan fingerprint density at radius 1 is 1.39 bits per heavy atom. The number of carbonyl (C=O) groups excluding carboxylic acids is 1. The van der Waals surface area contributed by atoms with Crippen LogP contribution < -0.4 is 5.32 Å². The summed E-state index contributed by atoms with van der Waals surface area (Å²) >= 11 is 0. The number of aromatic nitrogens is 2. The van der Waals surface area contributed by atoms with Crippen molar-refractivity contribution >= 4 is 5.91 Å². The van der Waals surface area contributed by atoms with Gasteiger partial charge in [-0.15, -0.1) is 0 Å². The lowest BCUT2D eigenvalue weighted by Gasteiger charge is -2.04. The molecular formula is C13H14FN3O. The van der Waals surface area contributed by atoms with Crippen LogP contribution in [0.1, 0.15) is 23.0 Å². The first-order valence-corrected chi connectivity index (χ1v) is 5.75. The number of nitrogens with one attached hydrogen (secondary N) is 1. The number of benzene rings is 1. The first-order chi connectivity index (χ1) is 8.70. The highest BCUT2D eigenvalue weighted by Gasteiger charge is 2.09. The average Bonchev–Trinajstić information content (AvgIpc) is 2.86. The summed E-state index contributed by atoms with van der Waals surface area (Å²) in [5.74, 6) is -0.623. The van der Waals surface area contributed by atoms with Crippen LogP contribution in [-0.2, 0) is 13.1 Å². The average molecular weight is 247 g/mol. The van der Waals surface area contributed by atoms with E-state index in [4.69, 9.17) is 0 Å². The predicted molar refractivity (Wildman–Crippen MR) is 65.5 cm³/mol. The van der Waals surface area contributed by atoms with Gasteiger partial charge in [-0.1, -0.05) is 18.2 Å². The largest absolute Gasteiger partial charge is 0.346 e. The Labute approximate surface area is 104 Å². The highest BCUT2D eigenvalue weighted by atomic mass is 19.1. The molecule has 0 atom stereocenters. The van der Waals surface area contributed by atoms with Gasteiger partial charge in [-0.3, -0.25) is 9.48 Å². The monoisotopic (exact) mass is 247 g/mol.